The molecule has 0 unspecified atom stereocenters. The molecule has 2 rings (SSSR count). The van der Waals surface area contributed by atoms with Crippen molar-refractivity contribution >= 4 is 11.9 Å². The fraction of sp³-hybridized carbons (Fsp3) is 0.619. The molecule has 25 heavy (non-hydrogen) atoms. The Labute approximate surface area is 151 Å². The highest BCUT2D eigenvalue weighted by molar-refractivity contribution is 5.89. The van der Waals surface area contributed by atoms with Crippen molar-refractivity contribution in [2.45, 2.75) is 46.5 Å². The molecule has 0 aliphatic heterocycles. The van der Waals surface area contributed by atoms with Gasteiger partial charge >= 0.3 is 5.97 Å². The summed E-state index contributed by atoms with van der Waals surface area (Å²) in [4.78, 5) is 24.3. The highest BCUT2D eigenvalue weighted by atomic mass is 16.5. The molecular weight excluding hydrogens is 314 g/mol. The number of nitrogens with one attached hydrogen (secondary N) is 1. The Morgan fingerprint density at radius 1 is 1.28 bits per heavy atom. The molecule has 1 N–H and O–H groups in total. The van der Waals surface area contributed by atoms with Crippen LogP contribution in [-0.2, 0) is 16.0 Å². The number of benzene rings is 1. The topological polar surface area (TPSA) is 55.4 Å². The minimum absolute atomic E-state index is 0.130. The van der Waals surface area contributed by atoms with Gasteiger partial charge in [0.05, 0.1) is 12.7 Å². The average molecular weight is 345 g/mol. The number of amides is 1. The molecular formula is C21H31NO3. The van der Waals surface area contributed by atoms with E-state index < -0.39 is 0 Å². The van der Waals surface area contributed by atoms with Crippen molar-refractivity contribution in [3.05, 3.63) is 35.4 Å². The van der Waals surface area contributed by atoms with E-state index in [1.165, 1.54) is 13.5 Å². The van der Waals surface area contributed by atoms with Gasteiger partial charge in [0.15, 0.2) is 0 Å². The van der Waals surface area contributed by atoms with E-state index in [1.54, 1.807) is 6.07 Å². The lowest BCUT2D eigenvalue weighted by Gasteiger charge is -2.36. The van der Waals surface area contributed by atoms with Crippen molar-refractivity contribution < 1.29 is 14.3 Å². The van der Waals surface area contributed by atoms with Crippen LogP contribution < -0.4 is 5.32 Å². The molecule has 0 radical (unpaired) electrons. The van der Waals surface area contributed by atoms with Gasteiger partial charge in [-0.25, -0.2) is 4.79 Å². The summed E-state index contributed by atoms with van der Waals surface area (Å²) in [5, 5.41) is 3.11. The van der Waals surface area contributed by atoms with Crippen molar-refractivity contribution in [1.29, 1.82) is 0 Å². The van der Waals surface area contributed by atoms with Gasteiger partial charge in [0.2, 0.25) is 5.91 Å². The Morgan fingerprint density at radius 3 is 2.72 bits per heavy atom. The predicted molar refractivity (Wildman–Crippen MR) is 99.3 cm³/mol. The summed E-state index contributed by atoms with van der Waals surface area (Å²) in [6.07, 6.45) is 4.09. The summed E-state index contributed by atoms with van der Waals surface area (Å²) in [5.74, 6) is 1.64. The summed E-state index contributed by atoms with van der Waals surface area (Å²) in [6, 6.07) is 7.39. The third-order valence-electron chi connectivity index (χ3n) is 5.42. The lowest BCUT2D eigenvalue weighted by Crippen LogP contribution is -2.40. The van der Waals surface area contributed by atoms with Gasteiger partial charge in [0.1, 0.15) is 0 Å². The smallest absolute Gasteiger partial charge is 0.337 e. The second kappa shape index (κ2) is 9.02. The molecule has 0 saturated heterocycles. The van der Waals surface area contributed by atoms with Crippen LogP contribution in [0.4, 0.5) is 0 Å². The highest BCUT2D eigenvalue weighted by Crippen LogP contribution is 2.38. The quantitative estimate of drug-likeness (QED) is 0.797. The van der Waals surface area contributed by atoms with Crippen LogP contribution in [0, 0.1) is 23.7 Å². The SMILES string of the molecule is COC(=O)c1cccc(CCNC(=O)[C@@H]2C[C@H](C)CC[C@H]2C(C)C)c1. The van der Waals surface area contributed by atoms with Crippen LogP contribution in [0.3, 0.4) is 0 Å². The van der Waals surface area contributed by atoms with Crippen LogP contribution in [0.1, 0.15) is 56.0 Å². The van der Waals surface area contributed by atoms with E-state index in [4.69, 9.17) is 4.74 Å². The molecule has 138 valence electrons. The number of hydrogen-bond donors (Lipinski definition) is 1. The standard InChI is InChI=1S/C21H31NO3/c1-14(2)18-9-8-15(3)12-19(18)20(23)22-11-10-16-6-5-7-17(13-16)21(24)25-4/h5-7,13-15,18-19H,8-12H2,1-4H3,(H,22,23)/t15-,18+,19-/m1/s1. The summed E-state index contributed by atoms with van der Waals surface area (Å²) in [7, 11) is 1.38. The molecule has 0 heterocycles. The molecule has 4 heteroatoms. The first-order valence-corrected chi connectivity index (χ1v) is 9.37. The molecule has 1 fully saturated rings. The van der Waals surface area contributed by atoms with Crippen molar-refractivity contribution in [2.24, 2.45) is 23.7 Å². The second-order valence-electron chi connectivity index (χ2n) is 7.67. The predicted octanol–water partition coefficient (Wildman–Crippen LogP) is 3.84. The Bertz CT molecular complexity index is 597. The number of hydrogen-bond acceptors (Lipinski definition) is 3. The fourth-order valence-corrected chi connectivity index (χ4v) is 3.94. The molecule has 0 bridgehead atoms. The third-order valence-corrected chi connectivity index (χ3v) is 5.42. The van der Waals surface area contributed by atoms with Gasteiger partial charge in [-0.05, 0) is 54.7 Å². The zero-order valence-electron chi connectivity index (χ0n) is 15.9. The van der Waals surface area contributed by atoms with Crippen LogP contribution in [-0.4, -0.2) is 25.5 Å². The van der Waals surface area contributed by atoms with Crippen LogP contribution in [0.25, 0.3) is 0 Å². The second-order valence-corrected chi connectivity index (χ2v) is 7.67. The first kappa shape index (κ1) is 19.5. The maximum atomic E-state index is 12.7. The lowest BCUT2D eigenvalue weighted by atomic mass is 9.70. The number of methoxy groups -OCH3 is 1. The minimum Gasteiger partial charge on any atom is -0.465 e. The number of esters is 1. The molecule has 3 atom stereocenters. The van der Waals surface area contributed by atoms with Gasteiger partial charge in [-0.15, -0.1) is 0 Å². The van der Waals surface area contributed by atoms with Crippen LogP contribution in [0.5, 0.6) is 0 Å². The van der Waals surface area contributed by atoms with Gasteiger partial charge in [0.25, 0.3) is 0 Å². The largest absolute Gasteiger partial charge is 0.465 e. The van der Waals surface area contributed by atoms with Crippen molar-refractivity contribution in [3.8, 4) is 0 Å². The van der Waals surface area contributed by atoms with E-state index in [2.05, 4.69) is 26.1 Å². The molecule has 1 saturated carbocycles. The maximum absolute atomic E-state index is 12.7. The van der Waals surface area contributed by atoms with Crippen LogP contribution in [0.2, 0.25) is 0 Å². The van der Waals surface area contributed by atoms with E-state index in [0.717, 1.165) is 18.4 Å². The average Bonchev–Trinajstić information content (AvgIpc) is 2.60. The van der Waals surface area contributed by atoms with Crippen molar-refractivity contribution in [2.75, 3.05) is 13.7 Å². The Hall–Kier alpha value is -1.84. The van der Waals surface area contributed by atoms with Gasteiger partial charge in [0, 0.05) is 12.5 Å². The summed E-state index contributed by atoms with van der Waals surface area (Å²) in [6.45, 7) is 7.28. The van der Waals surface area contributed by atoms with Gasteiger partial charge in [-0.1, -0.05) is 39.3 Å². The van der Waals surface area contributed by atoms with Crippen molar-refractivity contribution in [1.82, 2.24) is 5.32 Å². The van der Waals surface area contributed by atoms with E-state index in [1.807, 2.05) is 18.2 Å². The Morgan fingerprint density at radius 2 is 2.04 bits per heavy atom. The Kier molecular flexibility index (Phi) is 7.03. The third kappa shape index (κ3) is 5.32. The van der Waals surface area contributed by atoms with Crippen molar-refractivity contribution in [3.63, 3.8) is 0 Å². The monoisotopic (exact) mass is 345 g/mol. The normalized spacial score (nSPS) is 23.3. The molecule has 1 aliphatic rings. The van der Waals surface area contributed by atoms with E-state index >= 15 is 0 Å². The number of carbonyl (C=O) groups is 2. The molecule has 0 aromatic heterocycles. The minimum atomic E-state index is -0.332. The Balaban J connectivity index is 1.90. The molecule has 4 nitrogen and oxygen atoms in total. The maximum Gasteiger partial charge on any atom is 0.337 e. The van der Waals surface area contributed by atoms with E-state index in [9.17, 15) is 9.59 Å². The molecule has 1 amide bonds. The van der Waals surface area contributed by atoms with Gasteiger partial charge < -0.3 is 10.1 Å². The van der Waals surface area contributed by atoms with E-state index in [0.29, 0.717) is 36.3 Å². The molecule has 0 spiro atoms. The van der Waals surface area contributed by atoms with Gasteiger partial charge in [-0.3, -0.25) is 4.79 Å². The fourth-order valence-electron chi connectivity index (χ4n) is 3.94. The first-order chi connectivity index (χ1) is 11.9. The molecule has 1 aromatic rings. The number of rotatable bonds is 6. The van der Waals surface area contributed by atoms with Gasteiger partial charge in [-0.2, -0.15) is 0 Å². The summed E-state index contributed by atoms with van der Waals surface area (Å²) < 4.78 is 4.75. The van der Waals surface area contributed by atoms with Crippen LogP contribution in [0.15, 0.2) is 24.3 Å². The van der Waals surface area contributed by atoms with E-state index in [-0.39, 0.29) is 17.8 Å². The number of carbonyl (C=O) groups excluding carboxylic acids is 2. The highest BCUT2D eigenvalue weighted by Gasteiger charge is 2.35. The zero-order chi connectivity index (χ0) is 18.4. The summed E-state index contributed by atoms with van der Waals surface area (Å²) in [5.41, 5.74) is 1.58. The number of ether oxygens (including phenoxy) is 1. The first-order valence-electron chi connectivity index (χ1n) is 9.37. The lowest BCUT2D eigenvalue weighted by molar-refractivity contribution is -0.129. The zero-order valence-corrected chi connectivity index (χ0v) is 15.9. The molecule has 1 aromatic carbocycles. The molecule has 1 aliphatic carbocycles. The van der Waals surface area contributed by atoms with Crippen LogP contribution >= 0.6 is 0 Å². The summed E-state index contributed by atoms with van der Waals surface area (Å²) >= 11 is 0.